The van der Waals surface area contributed by atoms with Crippen molar-refractivity contribution in [2.45, 2.75) is 19.9 Å². The van der Waals surface area contributed by atoms with Gasteiger partial charge < -0.3 is 4.90 Å². The summed E-state index contributed by atoms with van der Waals surface area (Å²) in [6.45, 7) is 4.00. The van der Waals surface area contributed by atoms with Crippen molar-refractivity contribution >= 4 is 16.9 Å². The Morgan fingerprint density at radius 2 is 2.25 bits per heavy atom. The molecule has 1 N–H and O–H groups in total. The molecule has 9 heteroatoms. The van der Waals surface area contributed by atoms with Crippen molar-refractivity contribution in [1.29, 1.82) is 0 Å². The topological polar surface area (TPSA) is 110 Å². The van der Waals surface area contributed by atoms with Crippen LogP contribution in [0.1, 0.15) is 23.1 Å². The van der Waals surface area contributed by atoms with Crippen molar-refractivity contribution in [3.63, 3.8) is 0 Å². The zero-order valence-corrected chi connectivity index (χ0v) is 13.1. The second kappa shape index (κ2) is 5.59. The van der Waals surface area contributed by atoms with Crippen LogP contribution in [0.4, 0.5) is 0 Å². The molecule has 0 bridgehead atoms. The Labute approximate surface area is 136 Å². The predicted octanol–water partition coefficient (Wildman–Crippen LogP) is 0.442. The van der Waals surface area contributed by atoms with Crippen LogP contribution in [-0.2, 0) is 13.0 Å². The lowest BCUT2D eigenvalue weighted by atomic mass is 9.95. The first-order chi connectivity index (χ1) is 11.6. The van der Waals surface area contributed by atoms with Gasteiger partial charge in [0.25, 0.3) is 5.91 Å². The fourth-order valence-corrected chi connectivity index (χ4v) is 3.01. The first-order valence-electron chi connectivity index (χ1n) is 7.81. The molecular weight excluding hydrogens is 312 g/mol. The highest BCUT2D eigenvalue weighted by molar-refractivity contribution is 5.97. The maximum Gasteiger partial charge on any atom is 0.438 e. The maximum absolute atomic E-state index is 12.5. The molecule has 3 aromatic rings. The summed E-state index contributed by atoms with van der Waals surface area (Å²) in [7, 11) is 0. The number of likely N-dealkylation sites (tertiary alicyclic amines) is 1. The van der Waals surface area contributed by atoms with E-state index in [9.17, 15) is 9.59 Å². The van der Waals surface area contributed by atoms with E-state index in [2.05, 4.69) is 25.0 Å². The molecule has 24 heavy (non-hydrogen) atoms. The van der Waals surface area contributed by atoms with Crippen LogP contribution < -0.4 is 5.76 Å². The molecular formula is C15H16N6O3. The van der Waals surface area contributed by atoms with Crippen molar-refractivity contribution in [3.8, 4) is 0 Å². The number of carbonyl (C=O) groups excluding carboxylic acids is 1. The van der Waals surface area contributed by atoms with Crippen molar-refractivity contribution in [1.82, 2.24) is 30.0 Å². The van der Waals surface area contributed by atoms with Gasteiger partial charge in [-0.15, -0.1) is 5.10 Å². The molecule has 0 atom stereocenters. The van der Waals surface area contributed by atoms with E-state index in [1.165, 1.54) is 0 Å². The molecule has 1 aliphatic heterocycles. The number of carbonyl (C=O) groups is 1. The van der Waals surface area contributed by atoms with E-state index in [4.69, 9.17) is 0 Å². The van der Waals surface area contributed by atoms with Gasteiger partial charge in [-0.2, -0.15) is 0 Å². The SMILES string of the molecule is CCn1nnc2cc(C(=O)N3CC(Cc4noc(=O)[nH]4)C3)ccc21. The zero-order chi connectivity index (χ0) is 16.7. The molecule has 9 nitrogen and oxygen atoms in total. The van der Waals surface area contributed by atoms with Crippen LogP contribution in [0.25, 0.3) is 11.0 Å². The lowest BCUT2D eigenvalue weighted by molar-refractivity contribution is 0.0497. The number of aromatic amines is 1. The number of rotatable bonds is 4. The molecule has 0 unspecified atom stereocenters. The highest BCUT2D eigenvalue weighted by atomic mass is 16.5. The van der Waals surface area contributed by atoms with Crippen LogP contribution in [0.3, 0.4) is 0 Å². The van der Waals surface area contributed by atoms with Gasteiger partial charge in [0.1, 0.15) is 5.52 Å². The molecule has 0 radical (unpaired) electrons. The van der Waals surface area contributed by atoms with E-state index >= 15 is 0 Å². The van der Waals surface area contributed by atoms with E-state index in [0.717, 1.165) is 17.6 Å². The third kappa shape index (κ3) is 2.47. The molecule has 3 heterocycles. The van der Waals surface area contributed by atoms with Crippen molar-refractivity contribution < 1.29 is 9.32 Å². The average Bonchev–Trinajstić information content (AvgIpc) is 3.14. The summed E-state index contributed by atoms with van der Waals surface area (Å²) in [5.74, 6) is 0.229. The van der Waals surface area contributed by atoms with E-state index in [1.54, 1.807) is 15.6 Å². The van der Waals surface area contributed by atoms with Gasteiger partial charge in [-0.25, -0.2) is 9.48 Å². The highest BCUT2D eigenvalue weighted by Crippen LogP contribution is 2.22. The van der Waals surface area contributed by atoms with Crippen LogP contribution in [0.15, 0.2) is 27.5 Å². The first kappa shape index (κ1) is 14.6. The summed E-state index contributed by atoms with van der Waals surface area (Å²) in [5, 5.41) is 11.8. The number of aryl methyl sites for hydroxylation is 1. The lowest BCUT2D eigenvalue weighted by Gasteiger charge is -2.38. The monoisotopic (exact) mass is 328 g/mol. The van der Waals surface area contributed by atoms with Crippen molar-refractivity contribution in [2.75, 3.05) is 13.1 Å². The molecule has 4 rings (SSSR count). The molecule has 0 saturated carbocycles. The summed E-state index contributed by atoms with van der Waals surface area (Å²) in [6, 6.07) is 5.46. The van der Waals surface area contributed by atoms with Gasteiger partial charge in [0, 0.05) is 37.5 Å². The summed E-state index contributed by atoms with van der Waals surface area (Å²) < 4.78 is 6.27. The number of nitrogens with zero attached hydrogens (tertiary/aromatic N) is 5. The Morgan fingerprint density at radius 3 is 2.96 bits per heavy atom. The Bertz CT molecular complexity index is 949. The fourth-order valence-electron chi connectivity index (χ4n) is 3.01. The molecule has 1 aromatic carbocycles. The summed E-state index contributed by atoms with van der Waals surface area (Å²) in [5.41, 5.74) is 2.25. The maximum atomic E-state index is 12.5. The van der Waals surface area contributed by atoms with E-state index < -0.39 is 5.76 Å². The molecule has 124 valence electrons. The van der Waals surface area contributed by atoms with Gasteiger partial charge in [0.2, 0.25) is 0 Å². The minimum absolute atomic E-state index is 0.0205. The van der Waals surface area contributed by atoms with E-state index in [0.29, 0.717) is 30.9 Å². The van der Waals surface area contributed by atoms with Gasteiger partial charge in [-0.1, -0.05) is 10.4 Å². The second-order valence-electron chi connectivity index (χ2n) is 5.93. The quantitative estimate of drug-likeness (QED) is 0.744. The van der Waals surface area contributed by atoms with Gasteiger partial charge in [-0.05, 0) is 25.1 Å². The number of aromatic nitrogens is 5. The normalized spacial score (nSPS) is 15.0. The van der Waals surface area contributed by atoms with Crippen molar-refractivity contribution in [3.05, 3.63) is 40.1 Å². The van der Waals surface area contributed by atoms with Gasteiger partial charge in [0.15, 0.2) is 5.82 Å². The molecule has 0 spiro atoms. The van der Waals surface area contributed by atoms with Crippen LogP contribution in [0.5, 0.6) is 0 Å². The molecule has 2 aromatic heterocycles. The molecule has 0 aliphatic carbocycles. The van der Waals surface area contributed by atoms with Gasteiger partial charge in [0.05, 0.1) is 5.52 Å². The predicted molar refractivity (Wildman–Crippen MR) is 83.4 cm³/mol. The summed E-state index contributed by atoms with van der Waals surface area (Å²) >= 11 is 0. The van der Waals surface area contributed by atoms with Crippen molar-refractivity contribution in [2.24, 2.45) is 5.92 Å². The number of benzene rings is 1. The number of hydrogen-bond acceptors (Lipinski definition) is 6. The number of H-pyrrole nitrogens is 1. The Balaban J connectivity index is 1.42. The molecule has 1 saturated heterocycles. The van der Waals surface area contributed by atoms with Crippen LogP contribution in [0.2, 0.25) is 0 Å². The molecule has 1 fully saturated rings. The minimum Gasteiger partial charge on any atom is -0.338 e. The molecule has 1 amide bonds. The zero-order valence-electron chi connectivity index (χ0n) is 13.1. The highest BCUT2D eigenvalue weighted by Gasteiger charge is 2.32. The number of amides is 1. The minimum atomic E-state index is -0.550. The summed E-state index contributed by atoms with van der Waals surface area (Å²) in [6.07, 6.45) is 0.597. The third-order valence-corrected chi connectivity index (χ3v) is 4.27. The number of hydrogen-bond donors (Lipinski definition) is 1. The average molecular weight is 328 g/mol. The Hall–Kier alpha value is -2.97. The summed E-state index contributed by atoms with van der Waals surface area (Å²) in [4.78, 5) is 27.7. The number of nitrogens with one attached hydrogen (secondary N) is 1. The van der Waals surface area contributed by atoms with Crippen LogP contribution in [0, 0.1) is 5.92 Å². The van der Waals surface area contributed by atoms with E-state index in [-0.39, 0.29) is 11.8 Å². The Morgan fingerprint density at radius 1 is 1.42 bits per heavy atom. The van der Waals surface area contributed by atoms with E-state index in [1.807, 2.05) is 19.1 Å². The standard InChI is InChI=1S/C15H16N6O3/c1-2-21-12-4-3-10(6-11(12)17-19-21)14(22)20-7-9(8-20)5-13-16-15(23)24-18-13/h3-4,6,9H,2,5,7-8H2,1H3,(H,16,18,23). The Kier molecular flexibility index (Phi) is 3.40. The van der Waals surface area contributed by atoms with Gasteiger partial charge >= 0.3 is 5.76 Å². The molecule has 1 aliphatic rings. The van der Waals surface area contributed by atoms with Crippen LogP contribution in [-0.4, -0.2) is 49.0 Å². The smallest absolute Gasteiger partial charge is 0.338 e. The third-order valence-electron chi connectivity index (χ3n) is 4.27. The fraction of sp³-hybridized carbons (Fsp3) is 0.400. The van der Waals surface area contributed by atoms with Crippen LogP contribution >= 0.6 is 0 Å². The largest absolute Gasteiger partial charge is 0.438 e. The number of fused-ring (bicyclic) bond motifs is 1. The second-order valence-corrected chi connectivity index (χ2v) is 5.93. The van der Waals surface area contributed by atoms with Gasteiger partial charge in [-0.3, -0.25) is 14.3 Å². The first-order valence-corrected chi connectivity index (χ1v) is 7.81. The lowest BCUT2D eigenvalue weighted by Crippen LogP contribution is -2.50.